The lowest BCUT2D eigenvalue weighted by Gasteiger charge is -2.16. The molecule has 0 aliphatic rings. The highest BCUT2D eigenvalue weighted by atomic mass is 15.1. The zero-order valence-electron chi connectivity index (χ0n) is 9.62. The Labute approximate surface area is 86.7 Å². The molecule has 0 saturated carbocycles. The zero-order valence-corrected chi connectivity index (χ0v) is 9.62. The molecule has 14 heavy (non-hydrogen) atoms. The topological polar surface area (TPSA) is 20.2 Å². The molecule has 1 atom stereocenters. The van der Waals surface area contributed by atoms with Crippen LogP contribution in [0.5, 0.6) is 0 Å². The maximum atomic E-state index is 3.26. The summed E-state index contributed by atoms with van der Waals surface area (Å²) in [6.07, 6.45) is 2.15. The van der Waals surface area contributed by atoms with Gasteiger partial charge in [-0.25, -0.2) is 0 Å². The second-order valence-electron chi connectivity index (χ2n) is 3.94. The van der Waals surface area contributed by atoms with Gasteiger partial charge in [0.25, 0.3) is 0 Å². The van der Waals surface area contributed by atoms with E-state index in [9.17, 15) is 0 Å². The summed E-state index contributed by atoms with van der Waals surface area (Å²) in [7, 11) is 6.20. The molecule has 1 aromatic rings. The van der Waals surface area contributed by atoms with Gasteiger partial charge in [0.05, 0.1) is 0 Å². The average molecular weight is 195 g/mol. The summed E-state index contributed by atoms with van der Waals surface area (Å²) in [6, 6.07) is 4.71. The van der Waals surface area contributed by atoms with Crippen molar-refractivity contribution >= 4 is 0 Å². The number of likely N-dealkylation sites (N-methyl/N-ethyl adjacent to an activating group) is 1. The lowest BCUT2D eigenvalue weighted by molar-refractivity contribution is 0.378. The molecule has 0 aromatic carbocycles. The molecule has 0 aliphatic carbocycles. The Morgan fingerprint density at radius 3 is 2.79 bits per heavy atom. The Morgan fingerprint density at radius 2 is 2.21 bits per heavy atom. The highest BCUT2D eigenvalue weighted by molar-refractivity contribution is 5.11. The van der Waals surface area contributed by atoms with Gasteiger partial charge in [-0.2, -0.15) is 0 Å². The summed E-state index contributed by atoms with van der Waals surface area (Å²) in [5.74, 6) is 0. The van der Waals surface area contributed by atoms with Crippen molar-refractivity contribution in [2.75, 3.05) is 27.7 Å². The van der Waals surface area contributed by atoms with Gasteiger partial charge < -0.3 is 14.8 Å². The Hall–Kier alpha value is -0.800. The summed E-state index contributed by atoms with van der Waals surface area (Å²) in [5, 5.41) is 3.26. The molecule has 3 heteroatoms. The van der Waals surface area contributed by atoms with Crippen LogP contribution in [0, 0.1) is 0 Å². The van der Waals surface area contributed by atoms with Crippen molar-refractivity contribution in [2.24, 2.45) is 0 Å². The molecule has 3 nitrogen and oxygen atoms in total. The van der Waals surface area contributed by atoms with Crippen molar-refractivity contribution in [1.29, 1.82) is 0 Å². The molecule has 80 valence electrons. The molecule has 0 bridgehead atoms. The minimum absolute atomic E-state index is 0.423. The monoisotopic (exact) mass is 195 g/mol. The van der Waals surface area contributed by atoms with Crippen molar-refractivity contribution < 1.29 is 0 Å². The molecule has 0 saturated heterocycles. The number of hydrogen-bond donors (Lipinski definition) is 1. The molecule has 0 amide bonds. The van der Waals surface area contributed by atoms with E-state index in [1.165, 1.54) is 5.69 Å². The molecule has 0 spiro atoms. The van der Waals surface area contributed by atoms with Gasteiger partial charge in [0, 0.05) is 31.0 Å². The largest absolute Gasteiger partial charge is 0.349 e. The van der Waals surface area contributed by atoms with Gasteiger partial charge in [-0.05, 0) is 40.2 Å². The van der Waals surface area contributed by atoms with Gasteiger partial charge in [0.15, 0.2) is 0 Å². The van der Waals surface area contributed by atoms with E-state index in [0.29, 0.717) is 6.04 Å². The first-order chi connectivity index (χ1) is 6.65. The Kier molecular flexibility index (Phi) is 4.17. The molecule has 0 fully saturated rings. The molecule has 1 rings (SSSR count). The highest BCUT2D eigenvalue weighted by Crippen LogP contribution is 2.12. The number of aromatic nitrogens is 1. The van der Waals surface area contributed by atoms with Gasteiger partial charge in [-0.3, -0.25) is 0 Å². The van der Waals surface area contributed by atoms with E-state index in [0.717, 1.165) is 13.1 Å². The number of rotatable bonds is 5. The van der Waals surface area contributed by atoms with E-state index in [-0.39, 0.29) is 0 Å². The van der Waals surface area contributed by atoms with Crippen LogP contribution in [0.25, 0.3) is 0 Å². The Morgan fingerprint density at radius 1 is 1.50 bits per heavy atom. The predicted octanol–water partition coefficient (Wildman–Crippen LogP) is 1.33. The molecule has 0 radical (unpaired) electrons. The van der Waals surface area contributed by atoms with Crippen molar-refractivity contribution in [2.45, 2.75) is 19.5 Å². The smallest absolute Gasteiger partial charge is 0.0443 e. The van der Waals surface area contributed by atoms with Crippen molar-refractivity contribution in [3.63, 3.8) is 0 Å². The van der Waals surface area contributed by atoms with Crippen LogP contribution in [0.15, 0.2) is 18.3 Å². The highest BCUT2D eigenvalue weighted by Gasteiger charge is 2.07. The zero-order chi connectivity index (χ0) is 10.6. The SMILES string of the molecule is CNC(C)c1cccn1CCN(C)C. The minimum Gasteiger partial charge on any atom is -0.349 e. The molecule has 1 aromatic heterocycles. The van der Waals surface area contributed by atoms with E-state index in [2.05, 4.69) is 54.1 Å². The first kappa shape index (κ1) is 11.3. The normalized spacial score (nSPS) is 13.5. The van der Waals surface area contributed by atoms with Crippen LogP contribution >= 0.6 is 0 Å². The quantitative estimate of drug-likeness (QED) is 0.765. The van der Waals surface area contributed by atoms with Crippen LogP contribution in [-0.2, 0) is 6.54 Å². The number of nitrogens with one attached hydrogen (secondary N) is 1. The summed E-state index contributed by atoms with van der Waals surface area (Å²) < 4.78 is 2.31. The minimum atomic E-state index is 0.423. The Bertz CT molecular complexity index is 265. The predicted molar refractivity (Wildman–Crippen MR) is 60.5 cm³/mol. The van der Waals surface area contributed by atoms with Gasteiger partial charge >= 0.3 is 0 Å². The fraction of sp³-hybridized carbons (Fsp3) is 0.636. The van der Waals surface area contributed by atoms with Crippen molar-refractivity contribution in [3.05, 3.63) is 24.0 Å². The lowest BCUT2D eigenvalue weighted by Crippen LogP contribution is -2.22. The first-order valence-electron chi connectivity index (χ1n) is 5.12. The van der Waals surface area contributed by atoms with Gasteiger partial charge in [-0.1, -0.05) is 0 Å². The number of nitrogens with zero attached hydrogens (tertiary/aromatic N) is 2. The second kappa shape index (κ2) is 5.17. The fourth-order valence-electron chi connectivity index (χ4n) is 1.48. The maximum absolute atomic E-state index is 3.26. The van der Waals surface area contributed by atoms with Crippen molar-refractivity contribution in [3.8, 4) is 0 Å². The van der Waals surface area contributed by atoms with Crippen LogP contribution in [0.3, 0.4) is 0 Å². The van der Waals surface area contributed by atoms with E-state index in [1.807, 2.05) is 7.05 Å². The van der Waals surface area contributed by atoms with Crippen LogP contribution in [0.1, 0.15) is 18.7 Å². The van der Waals surface area contributed by atoms with E-state index >= 15 is 0 Å². The third-order valence-electron chi connectivity index (χ3n) is 2.53. The van der Waals surface area contributed by atoms with Crippen LogP contribution in [0.2, 0.25) is 0 Å². The summed E-state index contributed by atoms with van der Waals surface area (Å²) in [6.45, 7) is 4.32. The summed E-state index contributed by atoms with van der Waals surface area (Å²) in [4.78, 5) is 2.20. The van der Waals surface area contributed by atoms with E-state index < -0.39 is 0 Å². The molecule has 1 heterocycles. The molecular weight excluding hydrogens is 174 g/mol. The van der Waals surface area contributed by atoms with Gasteiger partial charge in [0.1, 0.15) is 0 Å². The first-order valence-corrected chi connectivity index (χ1v) is 5.12. The molecule has 1 unspecified atom stereocenters. The maximum Gasteiger partial charge on any atom is 0.0443 e. The van der Waals surface area contributed by atoms with Crippen LogP contribution in [-0.4, -0.2) is 37.2 Å². The van der Waals surface area contributed by atoms with Crippen LogP contribution < -0.4 is 5.32 Å². The van der Waals surface area contributed by atoms with Gasteiger partial charge in [-0.15, -0.1) is 0 Å². The molecule has 0 aliphatic heterocycles. The third-order valence-corrected chi connectivity index (χ3v) is 2.53. The fourth-order valence-corrected chi connectivity index (χ4v) is 1.48. The number of hydrogen-bond acceptors (Lipinski definition) is 2. The summed E-state index contributed by atoms with van der Waals surface area (Å²) >= 11 is 0. The molecule has 1 N–H and O–H groups in total. The lowest BCUT2D eigenvalue weighted by atomic mass is 10.2. The van der Waals surface area contributed by atoms with Crippen molar-refractivity contribution in [1.82, 2.24) is 14.8 Å². The summed E-state index contributed by atoms with van der Waals surface area (Å²) in [5.41, 5.74) is 1.36. The molecular formula is C11H21N3. The third kappa shape index (κ3) is 2.86. The standard InChI is InChI=1S/C11H21N3/c1-10(12-2)11-6-5-7-14(11)9-8-13(3)4/h5-7,10,12H,8-9H2,1-4H3. The average Bonchev–Trinajstić information content (AvgIpc) is 2.61. The second-order valence-corrected chi connectivity index (χ2v) is 3.94. The van der Waals surface area contributed by atoms with Gasteiger partial charge in [0.2, 0.25) is 0 Å². The van der Waals surface area contributed by atoms with Crippen LogP contribution in [0.4, 0.5) is 0 Å². The van der Waals surface area contributed by atoms with E-state index in [1.54, 1.807) is 0 Å². The Balaban J connectivity index is 2.62. The van der Waals surface area contributed by atoms with E-state index in [4.69, 9.17) is 0 Å².